The van der Waals surface area contributed by atoms with Gasteiger partial charge in [0.2, 0.25) is 6.79 Å². The molecular formula is C18H18BrN5O2S. The summed E-state index contributed by atoms with van der Waals surface area (Å²) >= 11 is 5.15. The van der Waals surface area contributed by atoms with Crippen molar-refractivity contribution in [1.82, 2.24) is 14.5 Å². The number of pyridine rings is 1. The minimum Gasteiger partial charge on any atom is -0.454 e. The van der Waals surface area contributed by atoms with Crippen LogP contribution in [0.25, 0.3) is 11.0 Å². The van der Waals surface area contributed by atoms with Crippen LogP contribution in [0, 0.1) is 5.41 Å². The van der Waals surface area contributed by atoms with Crippen molar-refractivity contribution in [3.8, 4) is 11.5 Å². The van der Waals surface area contributed by atoms with Crippen LogP contribution in [-0.2, 0) is 6.54 Å². The smallest absolute Gasteiger partial charge is 0.231 e. The molecule has 0 unspecified atom stereocenters. The van der Waals surface area contributed by atoms with Crippen LogP contribution < -0.4 is 15.2 Å². The lowest BCUT2D eigenvalue weighted by Gasteiger charge is -2.10. The molecule has 1 aliphatic rings. The molecule has 0 bridgehead atoms. The molecule has 27 heavy (non-hydrogen) atoms. The average molecular weight is 448 g/mol. The number of nitrogens with two attached hydrogens (primary N) is 1. The largest absolute Gasteiger partial charge is 0.454 e. The number of hydrogen-bond acceptors (Lipinski definition) is 7. The van der Waals surface area contributed by atoms with E-state index in [4.69, 9.17) is 25.6 Å². The Morgan fingerprint density at radius 2 is 2.11 bits per heavy atom. The Labute approximate surface area is 168 Å². The molecule has 1 aromatic carbocycles. The van der Waals surface area contributed by atoms with Gasteiger partial charge < -0.3 is 25.2 Å². The predicted molar refractivity (Wildman–Crippen MR) is 109 cm³/mol. The van der Waals surface area contributed by atoms with Crippen molar-refractivity contribution >= 4 is 50.8 Å². The Balaban J connectivity index is 1.70. The minimum atomic E-state index is 0.240. The number of halogens is 1. The fourth-order valence-corrected chi connectivity index (χ4v) is 4.46. The van der Waals surface area contributed by atoms with E-state index >= 15 is 0 Å². The molecule has 140 valence electrons. The lowest BCUT2D eigenvalue weighted by atomic mass is 10.2. The molecule has 4 rings (SSSR count). The summed E-state index contributed by atoms with van der Waals surface area (Å²) in [7, 11) is 0. The summed E-state index contributed by atoms with van der Waals surface area (Å²) in [6.07, 6.45) is 5.86. The third kappa shape index (κ3) is 3.61. The first-order valence-electron chi connectivity index (χ1n) is 8.54. The average Bonchev–Trinajstić information content (AvgIpc) is 3.24. The molecule has 0 amide bonds. The molecule has 3 heterocycles. The molecule has 0 atom stereocenters. The van der Waals surface area contributed by atoms with Crippen molar-refractivity contribution in [2.75, 3.05) is 12.5 Å². The SMILES string of the molecule is N=CCCCCn1c(Sc2cc3c(cc2Br)OCO3)nc2c(N)nccc21. The zero-order valence-electron chi connectivity index (χ0n) is 14.4. The van der Waals surface area contributed by atoms with Gasteiger partial charge in [0.15, 0.2) is 22.5 Å². The van der Waals surface area contributed by atoms with Gasteiger partial charge >= 0.3 is 0 Å². The lowest BCUT2D eigenvalue weighted by molar-refractivity contribution is 0.174. The Hall–Kier alpha value is -2.26. The Morgan fingerprint density at radius 3 is 2.93 bits per heavy atom. The second-order valence-corrected chi connectivity index (χ2v) is 7.91. The standard InChI is InChI=1S/C18H18BrN5O2S/c19-11-8-13-14(26-10-25-13)9-15(11)27-18-23-16-12(4-6-22-17(16)21)24(18)7-3-1-2-5-20/h4-6,8-9,20H,1-3,7,10H2,(H2,21,22). The summed E-state index contributed by atoms with van der Waals surface area (Å²) < 4.78 is 14.0. The summed E-state index contributed by atoms with van der Waals surface area (Å²) in [5.41, 5.74) is 7.72. The molecular weight excluding hydrogens is 430 g/mol. The van der Waals surface area contributed by atoms with Crippen LogP contribution in [0.3, 0.4) is 0 Å². The number of aryl methyl sites for hydroxylation is 1. The van der Waals surface area contributed by atoms with E-state index in [-0.39, 0.29) is 6.79 Å². The van der Waals surface area contributed by atoms with Crippen LogP contribution >= 0.6 is 27.7 Å². The van der Waals surface area contributed by atoms with Gasteiger partial charge in [-0.15, -0.1) is 0 Å². The van der Waals surface area contributed by atoms with Crippen LogP contribution in [0.4, 0.5) is 5.82 Å². The number of nitrogens with one attached hydrogen (secondary N) is 1. The summed E-state index contributed by atoms with van der Waals surface area (Å²) in [4.78, 5) is 9.89. The van der Waals surface area contributed by atoms with Gasteiger partial charge in [0.05, 0.1) is 5.52 Å². The molecule has 1 aliphatic heterocycles. The molecule has 0 fully saturated rings. The fraction of sp³-hybridized carbons (Fsp3) is 0.278. The summed E-state index contributed by atoms with van der Waals surface area (Å²) in [5, 5.41) is 8.04. The van der Waals surface area contributed by atoms with Crippen molar-refractivity contribution in [2.45, 2.75) is 35.9 Å². The normalized spacial score (nSPS) is 12.6. The monoisotopic (exact) mass is 447 g/mol. The van der Waals surface area contributed by atoms with Crippen molar-refractivity contribution in [3.63, 3.8) is 0 Å². The highest BCUT2D eigenvalue weighted by Crippen LogP contribution is 2.43. The number of hydrogen-bond donors (Lipinski definition) is 2. The molecule has 9 heteroatoms. The summed E-state index contributed by atoms with van der Waals surface area (Å²) in [5.74, 6) is 1.90. The molecule has 0 saturated heterocycles. The molecule has 3 aromatic rings. The van der Waals surface area contributed by atoms with E-state index in [1.54, 1.807) is 18.0 Å². The van der Waals surface area contributed by atoms with Crippen LogP contribution in [0.1, 0.15) is 19.3 Å². The van der Waals surface area contributed by atoms with Gasteiger partial charge in [0, 0.05) is 22.1 Å². The molecule has 0 radical (unpaired) electrons. The minimum absolute atomic E-state index is 0.240. The number of nitrogens with zero attached hydrogens (tertiary/aromatic N) is 3. The highest BCUT2D eigenvalue weighted by atomic mass is 79.9. The Kier molecular flexibility index (Phi) is 5.22. The zero-order chi connectivity index (χ0) is 18.8. The van der Waals surface area contributed by atoms with E-state index in [0.717, 1.165) is 57.3 Å². The third-order valence-electron chi connectivity index (χ3n) is 4.27. The first-order chi connectivity index (χ1) is 13.2. The number of ether oxygens (including phenoxy) is 2. The molecule has 7 nitrogen and oxygen atoms in total. The maximum atomic E-state index is 7.19. The highest BCUT2D eigenvalue weighted by molar-refractivity contribution is 9.10. The molecule has 0 saturated carbocycles. The van der Waals surface area contributed by atoms with Gasteiger partial charge in [-0.1, -0.05) is 11.8 Å². The number of imidazole rings is 1. The topological polar surface area (TPSA) is 99.0 Å². The maximum absolute atomic E-state index is 7.19. The number of rotatable bonds is 7. The Morgan fingerprint density at radius 1 is 1.30 bits per heavy atom. The quantitative estimate of drug-likeness (QED) is 0.409. The van der Waals surface area contributed by atoms with Crippen molar-refractivity contribution in [3.05, 3.63) is 28.9 Å². The van der Waals surface area contributed by atoms with Gasteiger partial charge in [-0.2, -0.15) is 0 Å². The van der Waals surface area contributed by atoms with E-state index in [1.165, 1.54) is 6.21 Å². The predicted octanol–water partition coefficient (Wildman–Crippen LogP) is 4.48. The lowest BCUT2D eigenvalue weighted by Crippen LogP contribution is -2.00. The number of fused-ring (bicyclic) bond motifs is 2. The Bertz CT molecular complexity index is 1010. The maximum Gasteiger partial charge on any atom is 0.231 e. The van der Waals surface area contributed by atoms with Crippen LogP contribution in [0.15, 0.2) is 38.9 Å². The summed E-state index contributed by atoms with van der Waals surface area (Å²) in [6.45, 7) is 1.04. The molecule has 3 N–H and O–H groups in total. The molecule has 0 aliphatic carbocycles. The first-order valence-corrected chi connectivity index (χ1v) is 10.1. The van der Waals surface area contributed by atoms with Gasteiger partial charge in [-0.25, -0.2) is 9.97 Å². The number of benzene rings is 1. The van der Waals surface area contributed by atoms with Gasteiger partial charge in [0.25, 0.3) is 0 Å². The molecule has 0 spiro atoms. The van der Waals surface area contributed by atoms with Gasteiger partial charge in [0.1, 0.15) is 5.52 Å². The van der Waals surface area contributed by atoms with Crippen molar-refractivity contribution in [2.24, 2.45) is 0 Å². The van der Waals surface area contributed by atoms with Gasteiger partial charge in [-0.3, -0.25) is 0 Å². The highest BCUT2D eigenvalue weighted by Gasteiger charge is 2.20. The van der Waals surface area contributed by atoms with E-state index in [9.17, 15) is 0 Å². The number of aromatic nitrogens is 3. The van der Waals surface area contributed by atoms with E-state index in [0.29, 0.717) is 11.3 Å². The second-order valence-electron chi connectivity index (χ2n) is 6.05. The van der Waals surface area contributed by atoms with Crippen LogP contribution in [-0.4, -0.2) is 27.5 Å². The second kappa shape index (κ2) is 7.77. The third-order valence-corrected chi connectivity index (χ3v) is 6.24. The van der Waals surface area contributed by atoms with Crippen molar-refractivity contribution < 1.29 is 9.47 Å². The number of nitrogen functional groups attached to an aromatic ring is 1. The van der Waals surface area contributed by atoms with E-state index in [1.807, 2.05) is 18.2 Å². The molecule has 2 aromatic heterocycles. The van der Waals surface area contributed by atoms with Crippen LogP contribution in [0.5, 0.6) is 11.5 Å². The zero-order valence-corrected chi connectivity index (χ0v) is 16.8. The number of unbranched alkanes of at least 4 members (excludes halogenated alkanes) is 2. The van der Waals surface area contributed by atoms with E-state index < -0.39 is 0 Å². The fourth-order valence-electron chi connectivity index (χ4n) is 2.94. The van der Waals surface area contributed by atoms with Crippen molar-refractivity contribution in [1.29, 1.82) is 5.41 Å². The van der Waals surface area contributed by atoms with E-state index in [2.05, 4.69) is 25.5 Å². The van der Waals surface area contributed by atoms with Gasteiger partial charge in [-0.05, 0) is 59.6 Å². The first kappa shape index (κ1) is 18.1. The summed E-state index contributed by atoms with van der Waals surface area (Å²) in [6, 6.07) is 5.81. The van der Waals surface area contributed by atoms with Crippen LogP contribution in [0.2, 0.25) is 0 Å². The number of anilines is 1.